The summed E-state index contributed by atoms with van der Waals surface area (Å²) in [7, 11) is 0. The molecule has 13 nitrogen and oxygen atoms in total. The highest BCUT2D eigenvalue weighted by Crippen LogP contribution is 2.29. The quantitative estimate of drug-likeness (QED) is 0.204. The van der Waals surface area contributed by atoms with E-state index in [1.807, 2.05) is 18.2 Å². The Balaban J connectivity index is 0.000000582. The van der Waals surface area contributed by atoms with Crippen LogP contribution in [0.5, 0.6) is 0 Å². The Bertz CT molecular complexity index is 1810. The van der Waals surface area contributed by atoms with Crippen molar-refractivity contribution in [3.05, 3.63) is 77.3 Å². The highest BCUT2D eigenvalue weighted by Gasteiger charge is 2.38. The number of carboxylic acids is 1. The van der Waals surface area contributed by atoms with E-state index in [4.69, 9.17) is 14.4 Å². The van der Waals surface area contributed by atoms with Crippen LogP contribution in [0, 0.1) is 18.7 Å². The van der Waals surface area contributed by atoms with Gasteiger partial charge >= 0.3 is 12.1 Å². The van der Waals surface area contributed by atoms with Crippen LogP contribution in [0.1, 0.15) is 46.6 Å². The summed E-state index contributed by atoms with van der Waals surface area (Å²) in [5.41, 5.74) is 4.25. The van der Waals surface area contributed by atoms with Gasteiger partial charge in [-0.05, 0) is 73.9 Å². The molecule has 6 bridgehead atoms. The third-order valence-corrected chi connectivity index (χ3v) is 7.59. The maximum Gasteiger partial charge on any atom is 0.490 e. The number of likely N-dealkylation sites (tertiary alicyclic amines) is 1. The van der Waals surface area contributed by atoms with E-state index in [1.165, 1.54) is 0 Å². The average molecular weight is 671 g/mol. The number of rotatable bonds is 4. The number of anilines is 5. The number of halogens is 4. The van der Waals surface area contributed by atoms with Gasteiger partial charge in [0.1, 0.15) is 5.76 Å². The standard InChI is InChI=1S/C29H29FN8O3.C2HF3O2/c1-17-10-25(37-41-17)28(40)38-8-6-18(7-9-38)12-26(39)35-24-5-4-21-13-20(24)3-2-19-11-22(15-31-14-19)34-29-32-16-23(30)27(33-21)36-29;3-2(4,5)1(6)7/h4-5,10-11,13-16,18H,2-3,6-9,12H2,1H3,(H,35,39)(H2,32,33,34,36);(H,6,7). The van der Waals surface area contributed by atoms with Gasteiger partial charge < -0.3 is 30.5 Å². The molecule has 1 saturated heterocycles. The Kier molecular flexibility index (Phi) is 10.1. The number of aromatic nitrogens is 4. The molecule has 1 aromatic carbocycles. The van der Waals surface area contributed by atoms with E-state index in [0.717, 1.165) is 30.2 Å². The summed E-state index contributed by atoms with van der Waals surface area (Å²) in [6.45, 7) is 2.89. The average Bonchev–Trinajstić information content (AvgIpc) is 3.48. The van der Waals surface area contributed by atoms with Crippen molar-refractivity contribution in [3.8, 4) is 0 Å². The smallest absolute Gasteiger partial charge is 0.475 e. The lowest BCUT2D eigenvalue weighted by Gasteiger charge is -2.31. The fourth-order valence-electron chi connectivity index (χ4n) is 5.19. The Labute approximate surface area is 270 Å². The third-order valence-electron chi connectivity index (χ3n) is 7.59. The number of fused-ring (bicyclic) bond motifs is 6. The number of amides is 2. The molecule has 0 radical (unpaired) electrons. The molecule has 0 unspecified atom stereocenters. The van der Waals surface area contributed by atoms with Crippen molar-refractivity contribution >= 4 is 46.6 Å². The topological polar surface area (TPSA) is 175 Å². The summed E-state index contributed by atoms with van der Waals surface area (Å²) < 4.78 is 51.3. The molecule has 4 N–H and O–H groups in total. The first-order valence-electron chi connectivity index (χ1n) is 14.8. The molecule has 2 amide bonds. The number of hydrogen-bond acceptors (Lipinski definition) is 10. The minimum Gasteiger partial charge on any atom is -0.475 e. The number of alkyl halides is 3. The van der Waals surface area contributed by atoms with Gasteiger partial charge in [-0.2, -0.15) is 18.2 Å². The highest BCUT2D eigenvalue weighted by molar-refractivity contribution is 5.93. The van der Waals surface area contributed by atoms with E-state index in [1.54, 1.807) is 36.4 Å². The summed E-state index contributed by atoms with van der Waals surface area (Å²) in [5.74, 6) is -2.52. The molecule has 2 aliphatic heterocycles. The van der Waals surface area contributed by atoms with E-state index >= 15 is 0 Å². The van der Waals surface area contributed by atoms with Gasteiger partial charge in [0.15, 0.2) is 17.3 Å². The van der Waals surface area contributed by atoms with Gasteiger partial charge in [-0.1, -0.05) is 5.16 Å². The van der Waals surface area contributed by atoms with Crippen molar-refractivity contribution in [1.29, 1.82) is 0 Å². The van der Waals surface area contributed by atoms with Crippen molar-refractivity contribution in [2.24, 2.45) is 5.92 Å². The molecule has 3 aromatic heterocycles. The Morgan fingerprint density at radius 1 is 1.04 bits per heavy atom. The lowest BCUT2D eigenvalue weighted by Crippen LogP contribution is -2.39. The lowest BCUT2D eigenvalue weighted by molar-refractivity contribution is -0.192. The molecule has 252 valence electrons. The number of nitrogens with one attached hydrogen (secondary N) is 3. The van der Waals surface area contributed by atoms with Crippen molar-refractivity contribution in [2.75, 3.05) is 29.0 Å². The van der Waals surface area contributed by atoms with E-state index in [9.17, 15) is 27.2 Å². The molecule has 5 heterocycles. The predicted molar refractivity (Wildman–Crippen MR) is 163 cm³/mol. The lowest BCUT2D eigenvalue weighted by atomic mass is 9.93. The van der Waals surface area contributed by atoms with Crippen molar-refractivity contribution < 1.29 is 41.6 Å². The second-order valence-electron chi connectivity index (χ2n) is 11.2. The summed E-state index contributed by atoms with van der Waals surface area (Å²) in [4.78, 5) is 49.0. The maximum absolute atomic E-state index is 14.5. The van der Waals surface area contributed by atoms with Crippen LogP contribution in [0.15, 0.2) is 53.4 Å². The fraction of sp³-hybridized carbons (Fsp3) is 0.323. The van der Waals surface area contributed by atoms with Crippen LogP contribution in [0.4, 0.5) is 46.4 Å². The normalized spacial score (nSPS) is 14.5. The minimum atomic E-state index is -5.08. The summed E-state index contributed by atoms with van der Waals surface area (Å²) in [5, 5.41) is 20.1. The first kappa shape index (κ1) is 33.7. The SMILES string of the molecule is Cc1cc(C(=O)N2CCC(CC(=O)Nc3ccc4cc3CCc3cncc(c3)Nc3ncc(F)c(n3)N4)CC2)no1.O=C(O)C(F)(F)F. The van der Waals surface area contributed by atoms with Crippen LogP contribution in [0.25, 0.3) is 0 Å². The van der Waals surface area contributed by atoms with Crippen LogP contribution < -0.4 is 16.0 Å². The number of benzene rings is 1. The Hall–Kier alpha value is -5.61. The highest BCUT2D eigenvalue weighted by atomic mass is 19.4. The number of nitrogens with zero attached hydrogens (tertiary/aromatic N) is 5. The number of hydrogen-bond donors (Lipinski definition) is 4. The molecular formula is C31H30F4N8O5. The molecule has 4 aromatic rings. The fourth-order valence-corrected chi connectivity index (χ4v) is 5.19. The van der Waals surface area contributed by atoms with Crippen LogP contribution in [0.2, 0.25) is 0 Å². The first-order valence-corrected chi connectivity index (χ1v) is 14.8. The van der Waals surface area contributed by atoms with E-state index < -0.39 is 18.0 Å². The minimum absolute atomic E-state index is 0.0390. The van der Waals surface area contributed by atoms with Crippen molar-refractivity contribution in [2.45, 2.75) is 45.2 Å². The summed E-state index contributed by atoms with van der Waals surface area (Å²) in [6, 6.07) is 9.09. The Morgan fingerprint density at radius 2 is 1.79 bits per heavy atom. The van der Waals surface area contributed by atoms with Crippen LogP contribution in [-0.2, 0) is 22.4 Å². The molecular weight excluding hydrogens is 640 g/mol. The first-order chi connectivity index (χ1) is 22.8. The number of carboxylic acid groups (broad SMARTS) is 1. The van der Waals surface area contributed by atoms with Gasteiger partial charge in [-0.25, -0.2) is 14.2 Å². The predicted octanol–water partition coefficient (Wildman–Crippen LogP) is 5.41. The van der Waals surface area contributed by atoms with Gasteiger partial charge in [-0.15, -0.1) is 0 Å². The van der Waals surface area contributed by atoms with Gasteiger partial charge in [-0.3, -0.25) is 14.6 Å². The Morgan fingerprint density at radius 3 is 2.48 bits per heavy atom. The summed E-state index contributed by atoms with van der Waals surface area (Å²) in [6.07, 6.45) is 2.61. The number of carbonyl (C=O) groups excluding carboxylic acids is 2. The maximum atomic E-state index is 14.5. The molecule has 2 aliphatic rings. The number of piperidine rings is 1. The van der Waals surface area contributed by atoms with E-state index in [0.29, 0.717) is 60.9 Å². The van der Waals surface area contributed by atoms with E-state index in [-0.39, 0.29) is 29.5 Å². The van der Waals surface area contributed by atoms with Crippen LogP contribution in [0.3, 0.4) is 0 Å². The molecule has 0 spiro atoms. The van der Waals surface area contributed by atoms with Gasteiger partial charge in [0.2, 0.25) is 11.9 Å². The molecule has 6 rings (SSSR count). The third kappa shape index (κ3) is 8.80. The van der Waals surface area contributed by atoms with Gasteiger partial charge in [0.05, 0.1) is 18.1 Å². The zero-order valence-corrected chi connectivity index (χ0v) is 25.5. The number of aryl methyl sites for hydroxylation is 3. The molecule has 0 saturated carbocycles. The molecule has 1 fully saturated rings. The summed E-state index contributed by atoms with van der Waals surface area (Å²) >= 11 is 0. The molecule has 0 atom stereocenters. The van der Waals surface area contributed by atoms with Crippen LogP contribution in [-0.4, -0.2) is 67.2 Å². The number of pyridine rings is 1. The zero-order chi connectivity index (χ0) is 34.4. The number of aliphatic carboxylic acids is 1. The molecule has 17 heteroatoms. The van der Waals surface area contributed by atoms with Gasteiger partial charge in [0.25, 0.3) is 5.91 Å². The largest absolute Gasteiger partial charge is 0.490 e. The molecule has 48 heavy (non-hydrogen) atoms. The molecule has 0 aliphatic carbocycles. The second kappa shape index (κ2) is 14.4. The van der Waals surface area contributed by atoms with Crippen molar-refractivity contribution in [1.82, 2.24) is 25.0 Å². The monoisotopic (exact) mass is 670 g/mol. The second-order valence-corrected chi connectivity index (χ2v) is 11.2. The van der Waals surface area contributed by atoms with Crippen molar-refractivity contribution in [3.63, 3.8) is 0 Å². The van der Waals surface area contributed by atoms with Crippen LogP contribution >= 0.6 is 0 Å². The van der Waals surface area contributed by atoms with E-state index in [2.05, 4.69) is 36.1 Å². The van der Waals surface area contributed by atoms with Gasteiger partial charge in [0, 0.05) is 43.1 Å². The zero-order valence-electron chi connectivity index (χ0n) is 25.5. The number of carbonyl (C=O) groups is 3.